The van der Waals surface area contributed by atoms with Gasteiger partial charge in [0.25, 0.3) is 0 Å². The number of nitrogens with two attached hydrogens (primary N) is 1. The molecule has 0 spiro atoms. The first-order valence-corrected chi connectivity index (χ1v) is 11.1. The molecule has 1 aliphatic rings. The molecule has 164 valence electrons. The third-order valence-corrected chi connectivity index (χ3v) is 6.54. The molecule has 1 aliphatic carbocycles. The Labute approximate surface area is 186 Å². The highest BCUT2D eigenvalue weighted by Gasteiger charge is 2.21. The van der Waals surface area contributed by atoms with Crippen LogP contribution in [-0.2, 0) is 13.0 Å². The Balaban J connectivity index is 1.85. The molecule has 3 heterocycles. The highest BCUT2D eigenvalue weighted by Crippen LogP contribution is 2.29. The van der Waals surface area contributed by atoms with E-state index in [1.165, 1.54) is 19.3 Å². The van der Waals surface area contributed by atoms with Crippen LogP contribution in [0, 0.1) is 19.8 Å². The Bertz CT molecular complexity index is 1190. The van der Waals surface area contributed by atoms with Crippen LogP contribution >= 0.6 is 11.6 Å². The molecule has 0 amide bonds. The fourth-order valence-electron chi connectivity index (χ4n) is 4.67. The summed E-state index contributed by atoms with van der Waals surface area (Å²) in [5.41, 5.74) is 9.69. The Morgan fingerprint density at radius 2 is 1.97 bits per heavy atom. The van der Waals surface area contributed by atoms with Crippen LogP contribution in [0.2, 0.25) is 5.15 Å². The lowest BCUT2D eigenvalue weighted by Crippen LogP contribution is -2.21. The molecule has 1 fully saturated rings. The highest BCUT2D eigenvalue weighted by atomic mass is 35.5. The van der Waals surface area contributed by atoms with Gasteiger partial charge in [0.2, 0.25) is 5.95 Å². The van der Waals surface area contributed by atoms with Gasteiger partial charge in [0, 0.05) is 29.1 Å². The van der Waals surface area contributed by atoms with Gasteiger partial charge >= 0.3 is 0 Å². The van der Waals surface area contributed by atoms with Gasteiger partial charge in [-0.1, -0.05) is 43.7 Å². The normalized spacial score (nSPS) is 14.8. The summed E-state index contributed by atoms with van der Waals surface area (Å²) < 4.78 is 7.48. The number of aryl methyl sites for hydroxylation is 1. The first-order chi connectivity index (χ1) is 14.9. The number of ether oxygens (including phenoxy) is 1. The quantitative estimate of drug-likeness (QED) is 0.595. The monoisotopic (exact) mass is 441 g/mol. The molecule has 3 aromatic rings. The maximum atomic E-state index is 13.3. The number of hydrogen-bond acceptors (Lipinski definition) is 6. The highest BCUT2D eigenvalue weighted by molar-refractivity contribution is 6.34. The van der Waals surface area contributed by atoms with Crippen molar-refractivity contribution in [3.63, 3.8) is 0 Å². The van der Waals surface area contributed by atoms with Crippen LogP contribution in [0.1, 0.15) is 54.5 Å². The number of anilines is 1. The minimum Gasteiger partial charge on any atom is -0.496 e. The molecule has 3 aromatic heterocycles. The molecule has 0 unspecified atom stereocenters. The maximum absolute atomic E-state index is 13.3. The van der Waals surface area contributed by atoms with E-state index in [9.17, 15) is 4.79 Å². The van der Waals surface area contributed by atoms with Crippen molar-refractivity contribution in [1.29, 1.82) is 0 Å². The zero-order valence-corrected chi connectivity index (χ0v) is 19.0. The molecule has 1 saturated carbocycles. The van der Waals surface area contributed by atoms with E-state index in [4.69, 9.17) is 22.1 Å². The van der Waals surface area contributed by atoms with Gasteiger partial charge in [-0.3, -0.25) is 9.78 Å². The second-order valence-corrected chi connectivity index (χ2v) is 8.79. The van der Waals surface area contributed by atoms with Crippen LogP contribution < -0.4 is 15.9 Å². The van der Waals surface area contributed by atoms with E-state index in [-0.39, 0.29) is 16.5 Å². The topological polar surface area (TPSA) is 95.9 Å². The van der Waals surface area contributed by atoms with Crippen molar-refractivity contribution < 1.29 is 4.74 Å². The van der Waals surface area contributed by atoms with E-state index in [0.717, 1.165) is 47.4 Å². The van der Waals surface area contributed by atoms with Gasteiger partial charge in [-0.05, 0) is 26.2 Å². The largest absolute Gasteiger partial charge is 0.496 e. The molecule has 8 heteroatoms. The number of methoxy groups -OCH3 is 1. The molecule has 0 aliphatic heterocycles. The summed E-state index contributed by atoms with van der Waals surface area (Å²) in [4.78, 5) is 26.3. The van der Waals surface area contributed by atoms with Gasteiger partial charge in [-0.25, -0.2) is 4.98 Å². The van der Waals surface area contributed by atoms with Crippen molar-refractivity contribution in [3.8, 4) is 5.75 Å². The Kier molecular flexibility index (Phi) is 6.14. The van der Waals surface area contributed by atoms with Gasteiger partial charge in [0.1, 0.15) is 16.3 Å². The lowest BCUT2D eigenvalue weighted by atomic mass is 9.85. The summed E-state index contributed by atoms with van der Waals surface area (Å²) in [7, 11) is 1.66. The van der Waals surface area contributed by atoms with Crippen LogP contribution in [0.25, 0.3) is 11.0 Å². The molecule has 0 atom stereocenters. The lowest BCUT2D eigenvalue weighted by molar-refractivity contribution is 0.355. The fourth-order valence-corrected chi connectivity index (χ4v) is 4.93. The first-order valence-electron chi connectivity index (χ1n) is 10.7. The number of hydrogen-bond donors (Lipinski definition) is 1. The smallest absolute Gasteiger partial charge is 0.223 e. The van der Waals surface area contributed by atoms with E-state index in [0.29, 0.717) is 23.5 Å². The summed E-state index contributed by atoms with van der Waals surface area (Å²) >= 11 is 6.38. The van der Waals surface area contributed by atoms with Crippen molar-refractivity contribution in [2.75, 3.05) is 12.8 Å². The summed E-state index contributed by atoms with van der Waals surface area (Å²) in [6.45, 7) is 4.37. The molecule has 0 bridgehead atoms. The number of nitrogens with zero attached hydrogens (tertiary/aromatic N) is 4. The van der Waals surface area contributed by atoms with Crippen LogP contribution in [-0.4, -0.2) is 26.6 Å². The predicted octanol–water partition coefficient (Wildman–Crippen LogP) is 4.22. The maximum Gasteiger partial charge on any atom is 0.223 e. The SMILES string of the molecule is COc1c(C)cnc(Cn2cc(CC3CCCCC3)c(=O)c3c(Cl)nc(N)nc32)c1C. The molecule has 0 radical (unpaired) electrons. The van der Waals surface area contributed by atoms with Crippen LogP contribution in [0.4, 0.5) is 5.95 Å². The van der Waals surface area contributed by atoms with Crippen molar-refractivity contribution >= 4 is 28.6 Å². The fraction of sp³-hybridized carbons (Fsp3) is 0.478. The molecule has 4 rings (SSSR count). The number of aromatic nitrogens is 4. The zero-order valence-electron chi connectivity index (χ0n) is 18.2. The number of halogens is 1. The summed E-state index contributed by atoms with van der Waals surface area (Å²) in [5, 5.41) is 0.416. The van der Waals surface area contributed by atoms with Gasteiger partial charge in [-0.15, -0.1) is 0 Å². The van der Waals surface area contributed by atoms with Crippen molar-refractivity contribution in [1.82, 2.24) is 19.5 Å². The van der Waals surface area contributed by atoms with Gasteiger partial charge in [0.05, 0.1) is 19.3 Å². The third-order valence-electron chi connectivity index (χ3n) is 6.27. The van der Waals surface area contributed by atoms with Crippen molar-refractivity contribution in [2.24, 2.45) is 5.92 Å². The average Bonchev–Trinajstić information content (AvgIpc) is 2.74. The molecule has 2 N–H and O–H groups in total. The number of nitrogen functional groups attached to an aromatic ring is 1. The van der Waals surface area contributed by atoms with E-state index in [1.807, 2.05) is 24.6 Å². The number of pyridine rings is 2. The summed E-state index contributed by atoms with van der Waals surface area (Å²) in [6, 6.07) is 0. The molecule has 0 saturated heterocycles. The van der Waals surface area contributed by atoms with Crippen molar-refractivity contribution in [3.05, 3.63) is 50.2 Å². The van der Waals surface area contributed by atoms with Crippen LogP contribution in [0.15, 0.2) is 17.2 Å². The molecular weight excluding hydrogens is 414 g/mol. The van der Waals surface area contributed by atoms with E-state index in [2.05, 4.69) is 15.0 Å². The van der Waals surface area contributed by atoms with Crippen LogP contribution in [0.5, 0.6) is 5.75 Å². The standard InChI is InChI=1S/C23H28ClN5O2/c1-13-10-26-17(14(2)20(13)31-3)12-29-11-16(9-15-7-5-4-6-8-15)19(30)18-21(24)27-23(25)28-22(18)29/h10-11,15H,4-9,12H2,1-3H3,(H2,25,27,28). The Hall–Kier alpha value is -2.67. The molecular formula is C23H28ClN5O2. The van der Waals surface area contributed by atoms with E-state index >= 15 is 0 Å². The number of fused-ring (bicyclic) bond motifs is 1. The van der Waals surface area contributed by atoms with Gasteiger partial charge in [-0.2, -0.15) is 4.98 Å². The zero-order chi connectivity index (χ0) is 22.1. The minimum atomic E-state index is -0.104. The van der Waals surface area contributed by atoms with Gasteiger partial charge < -0.3 is 15.0 Å². The molecule has 0 aromatic carbocycles. The van der Waals surface area contributed by atoms with Crippen molar-refractivity contribution in [2.45, 2.75) is 58.9 Å². The molecule has 31 heavy (non-hydrogen) atoms. The van der Waals surface area contributed by atoms with E-state index in [1.54, 1.807) is 13.3 Å². The van der Waals surface area contributed by atoms with E-state index < -0.39 is 0 Å². The summed E-state index contributed by atoms with van der Waals surface area (Å²) in [6.07, 6.45) is 10.5. The predicted molar refractivity (Wildman–Crippen MR) is 123 cm³/mol. The number of rotatable bonds is 5. The van der Waals surface area contributed by atoms with Gasteiger partial charge in [0.15, 0.2) is 11.1 Å². The second kappa shape index (κ2) is 8.83. The first kappa shape index (κ1) is 21.6. The Morgan fingerprint density at radius 1 is 1.23 bits per heavy atom. The molecule has 7 nitrogen and oxygen atoms in total. The Morgan fingerprint density at radius 3 is 2.68 bits per heavy atom. The lowest BCUT2D eigenvalue weighted by Gasteiger charge is -2.22. The minimum absolute atomic E-state index is 0.0387. The third kappa shape index (κ3) is 4.24. The average molecular weight is 442 g/mol. The van der Waals surface area contributed by atoms with Crippen LogP contribution in [0.3, 0.4) is 0 Å². The summed E-state index contributed by atoms with van der Waals surface area (Å²) in [5.74, 6) is 1.36. The second-order valence-electron chi connectivity index (χ2n) is 8.44.